The average molecular weight is 564 g/mol. The quantitative estimate of drug-likeness (QED) is 0.112. The van der Waals surface area contributed by atoms with E-state index < -0.39 is 5.97 Å². The number of nitrogens with zero attached hydrogens (tertiary/aromatic N) is 1. The zero-order valence-electron chi connectivity index (χ0n) is 18.9. The summed E-state index contributed by atoms with van der Waals surface area (Å²) >= 11 is 9.22. The van der Waals surface area contributed by atoms with Crippen LogP contribution in [0.4, 0.5) is 0 Å². The van der Waals surface area contributed by atoms with Crippen LogP contribution in [0.1, 0.15) is 31.8 Å². The van der Waals surface area contributed by atoms with Crippen LogP contribution in [0, 0.1) is 0 Å². The molecule has 0 fully saturated rings. The first kappa shape index (κ1) is 25.2. The van der Waals surface area contributed by atoms with Crippen LogP contribution in [-0.4, -0.2) is 18.1 Å². The van der Waals surface area contributed by atoms with Gasteiger partial charge in [0.15, 0.2) is 0 Å². The molecule has 0 radical (unpaired) electrons. The number of halogens is 2. The lowest BCUT2D eigenvalue weighted by molar-refractivity contribution is 0.0734. The SMILES string of the molecule is O=C(N/N=C/c1ccc(OC(=O)c2ccc(Br)cc2)cc1)c1ccc(OCc2ccc(Cl)cc2)cc1. The third-order valence-electron chi connectivity index (χ3n) is 4.99. The molecule has 36 heavy (non-hydrogen) atoms. The van der Waals surface area contributed by atoms with Gasteiger partial charge in [0.05, 0.1) is 11.8 Å². The topological polar surface area (TPSA) is 77.0 Å². The number of hydrogen-bond donors (Lipinski definition) is 1. The molecule has 8 heteroatoms. The van der Waals surface area contributed by atoms with Crippen molar-refractivity contribution in [2.24, 2.45) is 5.10 Å². The molecule has 0 bridgehead atoms. The second-order valence-corrected chi connectivity index (χ2v) is 8.96. The van der Waals surface area contributed by atoms with Crippen LogP contribution in [0.15, 0.2) is 107 Å². The summed E-state index contributed by atoms with van der Waals surface area (Å²) in [5.41, 5.74) is 5.11. The van der Waals surface area contributed by atoms with Crippen molar-refractivity contribution < 1.29 is 19.1 Å². The molecule has 4 rings (SSSR count). The molecule has 1 N–H and O–H groups in total. The maximum Gasteiger partial charge on any atom is 0.343 e. The van der Waals surface area contributed by atoms with Gasteiger partial charge in [0.1, 0.15) is 18.1 Å². The van der Waals surface area contributed by atoms with Crippen molar-refractivity contribution in [2.75, 3.05) is 0 Å². The fourth-order valence-electron chi connectivity index (χ4n) is 3.05. The van der Waals surface area contributed by atoms with E-state index in [1.807, 2.05) is 24.3 Å². The molecule has 0 aliphatic heterocycles. The van der Waals surface area contributed by atoms with Crippen LogP contribution >= 0.6 is 27.5 Å². The molecule has 4 aromatic rings. The number of hydrogen-bond acceptors (Lipinski definition) is 5. The van der Waals surface area contributed by atoms with Gasteiger partial charge >= 0.3 is 5.97 Å². The lowest BCUT2D eigenvalue weighted by Gasteiger charge is -2.07. The molecular formula is C28H20BrClN2O4. The van der Waals surface area contributed by atoms with Gasteiger partial charge in [-0.05, 0) is 96.1 Å². The minimum atomic E-state index is -0.447. The average Bonchev–Trinajstić information content (AvgIpc) is 2.90. The van der Waals surface area contributed by atoms with E-state index in [2.05, 4.69) is 26.5 Å². The van der Waals surface area contributed by atoms with E-state index in [0.29, 0.717) is 34.3 Å². The molecule has 0 saturated carbocycles. The number of carbonyl (C=O) groups excluding carboxylic acids is 2. The summed E-state index contributed by atoms with van der Waals surface area (Å²) in [4.78, 5) is 24.6. The highest BCUT2D eigenvalue weighted by Crippen LogP contribution is 2.17. The van der Waals surface area contributed by atoms with Gasteiger partial charge in [0, 0.05) is 15.1 Å². The number of rotatable bonds is 8. The second-order valence-electron chi connectivity index (χ2n) is 7.60. The third kappa shape index (κ3) is 7.28. The molecule has 0 aliphatic carbocycles. The van der Waals surface area contributed by atoms with E-state index in [9.17, 15) is 9.59 Å². The number of nitrogens with one attached hydrogen (secondary N) is 1. The van der Waals surface area contributed by atoms with Gasteiger partial charge in [-0.25, -0.2) is 10.2 Å². The number of ether oxygens (including phenoxy) is 2. The summed E-state index contributed by atoms with van der Waals surface area (Å²) in [7, 11) is 0. The van der Waals surface area contributed by atoms with Gasteiger partial charge in [0.2, 0.25) is 0 Å². The molecule has 0 aromatic heterocycles. The molecule has 0 atom stereocenters. The van der Waals surface area contributed by atoms with Crippen LogP contribution in [0.5, 0.6) is 11.5 Å². The molecule has 0 saturated heterocycles. The van der Waals surface area contributed by atoms with E-state index in [0.717, 1.165) is 15.6 Å². The first-order chi connectivity index (χ1) is 17.5. The summed E-state index contributed by atoms with van der Waals surface area (Å²) < 4.78 is 12.0. The zero-order chi connectivity index (χ0) is 25.3. The Morgan fingerprint density at radius 2 is 1.42 bits per heavy atom. The monoisotopic (exact) mass is 562 g/mol. The summed E-state index contributed by atoms with van der Waals surface area (Å²) in [6, 6.07) is 27.9. The number of hydrazone groups is 1. The van der Waals surface area contributed by atoms with E-state index >= 15 is 0 Å². The predicted octanol–water partition coefficient (Wildman–Crippen LogP) is 6.66. The van der Waals surface area contributed by atoms with E-state index in [1.165, 1.54) is 6.21 Å². The molecule has 0 spiro atoms. The second kappa shape index (κ2) is 12.2. The lowest BCUT2D eigenvalue weighted by atomic mass is 10.2. The van der Waals surface area contributed by atoms with Gasteiger partial charge in [0.25, 0.3) is 5.91 Å². The number of esters is 1. The van der Waals surface area contributed by atoms with Crippen molar-refractivity contribution in [3.63, 3.8) is 0 Å². The van der Waals surface area contributed by atoms with Gasteiger partial charge in [-0.2, -0.15) is 5.10 Å². The van der Waals surface area contributed by atoms with E-state index in [1.54, 1.807) is 72.8 Å². The van der Waals surface area contributed by atoms with Gasteiger partial charge in [-0.15, -0.1) is 0 Å². The summed E-state index contributed by atoms with van der Waals surface area (Å²) in [6.45, 7) is 0.398. The van der Waals surface area contributed by atoms with Crippen molar-refractivity contribution in [2.45, 2.75) is 6.61 Å². The van der Waals surface area contributed by atoms with Crippen molar-refractivity contribution in [1.82, 2.24) is 5.43 Å². The third-order valence-corrected chi connectivity index (χ3v) is 5.77. The van der Waals surface area contributed by atoms with Crippen molar-refractivity contribution in [1.29, 1.82) is 0 Å². The zero-order valence-corrected chi connectivity index (χ0v) is 21.2. The molecule has 4 aromatic carbocycles. The Morgan fingerprint density at radius 1 is 0.806 bits per heavy atom. The molecule has 0 heterocycles. The van der Waals surface area contributed by atoms with Crippen LogP contribution in [-0.2, 0) is 6.61 Å². The smallest absolute Gasteiger partial charge is 0.343 e. The molecular weight excluding hydrogens is 544 g/mol. The maximum absolute atomic E-state index is 12.3. The van der Waals surface area contributed by atoms with Gasteiger partial charge in [-0.3, -0.25) is 4.79 Å². The molecule has 180 valence electrons. The fourth-order valence-corrected chi connectivity index (χ4v) is 3.44. The molecule has 0 unspecified atom stereocenters. The predicted molar refractivity (Wildman–Crippen MR) is 143 cm³/mol. The number of benzene rings is 4. The minimum Gasteiger partial charge on any atom is -0.489 e. The Morgan fingerprint density at radius 3 is 2.08 bits per heavy atom. The van der Waals surface area contributed by atoms with Crippen LogP contribution in [0.3, 0.4) is 0 Å². The van der Waals surface area contributed by atoms with Crippen molar-refractivity contribution >= 4 is 45.6 Å². The Labute approximate surface area is 221 Å². The first-order valence-corrected chi connectivity index (χ1v) is 12.0. The number of amides is 1. The Kier molecular flexibility index (Phi) is 8.49. The highest BCUT2D eigenvalue weighted by molar-refractivity contribution is 9.10. The van der Waals surface area contributed by atoms with Crippen LogP contribution < -0.4 is 14.9 Å². The summed E-state index contributed by atoms with van der Waals surface area (Å²) in [6.07, 6.45) is 1.50. The fraction of sp³-hybridized carbons (Fsp3) is 0.0357. The standard InChI is InChI=1S/C28H20BrClN2O4/c29-23-9-5-22(6-10-23)28(34)36-26-13-3-19(4-14-26)17-31-32-27(33)21-7-15-25(16-8-21)35-18-20-1-11-24(30)12-2-20/h1-17H,18H2,(H,32,33)/b31-17+. The largest absolute Gasteiger partial charge is 0.489 e. The van der Waals surface area contributed by atoms with Crippen LogP contribution in [0.25, 0.3) is 0 Å². The van der Waals surface area contributed by atoms with Crippen molar-refractivity contribution in [3.8, 4) is 11.5 Å². The first-order valence-electron chi connectivity index (χ1n) is 10.8. The normalized spacial score (nSPS) is 10.7. The van der Waals surface area contributed by atoms with E-state index in [4.69, 9.17) is 21.1 Å². The highest BCUT2D eigenvalue weighted by atomic mass is 79.9. The minimum absolute atomic E-state index is 0.351. The summed E-state index contributed by atoms with van der Waals surface area (Å²) in [5.74, 6) is 0.251. The number of carbonyl (C=O) groups is 2. The Balaban J connectivity index is 1.25. The van der Waals surface area contributed by atoms with Gasteiger partial charge < -0.3 is 9.47 Å². The van der Waals surface area contributed by atoms with Crippen LogP contribution in [0.2, 0.25) is 5.02 Å². The Bertz CT molecular complexity index is 1360. The van der Waals surface area contributed by atoms with Gasteiger partial charge in [-0.1, -0.05) is 39.7 Å². The molecule has 6 nitrogen and oxygen atoms in total. The lowest BCUT2D eigenvalue weighted by Crippen LogP contribution is -2.17. The molecule has 1 amide bonds. The maximum atomic E-state index is 12.3. The highest BCUT2D eigenvalue weighted by Gasteiger charge is 2.08. The summed E-state index contributed by atoms with van der Waals surface area (Å²) in [5, 5.41) is 4.66. The van der Waals surface area contributed by atoms with Crippen molar-refractivity contribution in [3.05, 3.63) is 129 Å². The Hall–Kier alpha value is -3.94. The van der Waals surface area contributed by atoms with E-state index in [-0.39, 0.29) is 5.91 Å². The molecule has 0 aliphatic rings.